The Labute approximate surface area is 216 Å². The van der Waals surface area contributed by atoms with Crippen molar-refractivity contribution in [3.63, 3.8) is 0 Å². The SMILES string of the molecule is C=C1C[C@H](C)C[C@@H]2CC=C[C@@H](CC#CC(=O)C[C@H]([C@@H](O)C=C[C@@H]3CC(C)=CCO3)CC=C[C@@H](O)C1)O2. The van der Waals surface area contributed by atoms with Crippen molar-refractivity contribution in [2.24, 2.45) is 11.8 Å². The first-order chi connectivity index (χ1) is 17.3. The average Bonchev–Trinajstić information content (AvgIpc) is 2.81. The molecule has 7 atom stereocenters. The van der Waals surface area contributed by atoms with Gasteiger partial charge < -0.3 is 19.7 Å². The van der Waals surface area contributed by atoms with Crippen LogP contribution in [0.3, 0.4) is 0 Å². The standard InChI is InChI=1S/C31H42O5/c1-22-15-16-35-29(19-22)13-14-31(34)25-7-4-8-26(32)18-23(2)17-24(3)20-30-12-6-11-28(36-30)10-5-9-27(33)21-25/h4,6,8,11,13-15,24-26,28-32,34H,2,7,10,12,16-21H2,1,3H3/t24-,25+,26+,28+,29+,30-,31-/m0/s1. The zero-order valence-corrected chi connectivity index (χ0v) is 21.8. The minimum Gasteiger partial charge on any atom is -0.389 e. The maximum Gasteiger partial charge on any atom is 0.205 e. The highest BCUT2D eigenvalue weighted by atomic mass is 16.5. The molecule has 0 saturated heterocycles. The fourth-order valence-electron chi connectivity index (χ4n) is 5.06. The number of aliphatic hydroxyl groups excluding tert-OH is 2. The zero-order chi connectivity index (χ0) is 25.9. The summed E-state index contributed by atoms with van der Waals surface area (Å²) in [5, 5.41) is 21.4. The van der Waals surface area contributed by atoms with E-state index in [1.807, 2.05) is 18.2 Å². The summed E-state index contributed by atoms with van der Waals surface area (Å²) in [5.74, 6) is 5.60. The van der Waals surface area contributed by atoms with Crippen LogP contribution in [0.5, 0.6) is 0 Å². The molecule has 0 spiro atoms. The number of carbonyl (C=O) groups is 1. The van der Waals surface area contributed by atoms with Crippen molar-refractivity contribution in [3.8, 4) is 11.8 Å². The van der Waals surface area contributed by atoms with E-state index in [9.17, 15) is 15.0 Å². The highest BCUT2D eigenvalue weighted by Crippen LogP contribution is 2.26. The Hall–Kier alpha value is -2.23. The normalized spacial score (nSPS) is 33.8. The van der Waals surface area contributed by atoms with E-state index in [1.54, 1.807) is 12.2 Å². The Kier molecular flexibility index (Phi) is 11.4. The van der Waals surface area contributed by atoms with E-state index in [1.165, 1.54) is 5.57 Å². The second-order valence-electron chi connectivity index (χ2n) is 10.6. The van der Waals surface area contributed by atoms with E-state index in [0.717, 1.165) is 31.3 Å². The van der Waals surface area contributed by atoms with Crippen LogP contribution in [0.2, 0.25) is 0 Å². The van der Waals surface area contributed by atoms with Gasteiger partial charge in [-0.2, -0.15) is 0 Å². The van der Waals surface area contributed by atoms with Crippen molar-refractivity contribution in [2.75, 3.05) is 6.61 Å². The van der Waals surface area contributed by atoms with Crippen molar-refractivity contribution in [3.05, 3.63) is 60.3 Å². The first-order valence-electron chi connectivity index (χ1n) is 13.3. The molecule has 0 aromatic rings. The number of Topliss-reactive ketones (excluding diaryl/α,β-unsaturated/α-hetero) is 1. The second kappa shape index (κ2) is 14.5. The van der Waals surface area contributed by atoms with Gasteiger partial charge in [0, 0.05) is 12.8 Å². The maximum atomic E-state index is 12.7. The van der Waals surface area contributed by atoms with Gasteiger partial charge in [0.2, 0.25) is 5.78 Å². The fraction of sp³-hybridized carbons (Fsp3) is 0.581. The molecular formula is C31H42O5. The number of hydrogen-bond donors (Lipinski definition) is 2. The third-order valence-corrected chi connectivity index (χ3v) is 6.96. The topological polar surface area (TPSA) is 76.0 Å². The first kappa shape index (κ1) is 28.3. The Morgan fingerprint density at radius 3 is 2.78 bits per heavy atom. The molecule has 3 aliphatic heterocycles. The number of allylic oxidation sites excluding steroid dienone is 1. The molecule has 5 nitrogen and oxygen atoms in total. The third kappa shape index (κ3) is 10.0. The number of hydrogen-bond acceptors (Lipinski definition) is 5. The van der Waals surface area contributed by atoms with Crippen LogP contribution in [0.1, 0.15) is 65.2 Å². The van der Waals surface area contributed by atoms with E-state index in [-0.39, 0.29) is 36.4 Å². The molecule has 2 bridgehead atoms. The van der Waals surface area contributed by atoms with Crippen LogP contribution in [-0.2, 0) is 14.3 Å². The lowest BCUT2D eigenvalue weighted by molar-refractivity contribution is -0.115. The number of aliphatic hydroxyl groups is 2. The smallest absolute Gasteiger partial charge is 0.205 e. The second-order valence-corrected chi connectivity index (χ2v) is 10.6. The van der Waals surface area contributed by atoms with Crippen molar-refractivity contribution < 1.29 is 24.5 Å². The lowest BCUT2D eigenvalue weighted by atomic mass is 9.90. The molecule has 0 fully saturated rings. The predicted octanol–water partition coefficient (Wildman–Crippen LogP) is 5.00. The van der Waals surface area contributed by atoms with Gasteiger partial charge in [0.15, 0.2) is 0 Å². The van der Waals surface area contributed by atoms with Crippen molar-refractivity contribution in [1.82, 2.24) is 0 Å². The minimum absolute atomic E-state index is 0.0718. The van der Waals surface area contributed by atoms with E-state index in [4.69, 9.17) is 9.47 Å². The molecule has 3 aliphatic rings. The van der Waals surface area contributed by atoms with Gasteiger partial charge in [0.05, 0.1) is 37.1 Å². The highest BCUT2D eigenvalue weighted by Gasteiger charge is 2.22. The van der Waals surface area contributed by atoms with E-state index in [0.29, 0.717) is 31.8 Å². The molecule has 3 rings (SSSR count). The summed E-state index contributed by atoms with van der Waals surface area (Å²) in [7, 11) is 0. The summed E-state index contributed by atoms with van der Waals surface area (Å²) in [6, 6.07) is 0. The Morgan fingerprint density at radius 2 is 1.97 bits per heavy atom. The molecule has 0 radical (unpaired) electrons. The van der Waals surface area contributed by atoms with Crippen LogP contribution in [0.4, 0.5) is 0 Å². The summed E-state index contributed by atoms with van der Waals surface area (Å²) in [4.78, 5) is 12.7. The molecule has 0 amide bonds. The maximum absolute atomic E-state index is 12.7. The highest BCUT2D eigenvalue weighted by molar-refractivity contribution is 5.95. The number of carbonyl (C=O) groups excluding carboxylic acids is 1. The molecule has 0 aromatic heterocycles. The van der Waals surface area contributed by atoms with Crippen LogP contribution >= 0.6 is 0 Å². The van der Waals surface area contributed by atoms with Crippen LogP contribution in [-0.4, -0.2) is 53.1 Å². The molecule has 0 saturated carbocycles. The lowest BCUT2D eigenvalue weighted by Gasteiger charge is -2.27. The van der Waals surface area contributed by atoms with Gasteiger partial charge in [-0.3, -0.25) is 4.79 Å². The fourth-order valence-corrected chi connectivity index (χ4v) is 5.06. The van der Waals surface area contributed by atoms with Crippen LogP contribution < -0.4 is 0 Å². The van der Waals surface area contributed by atoms with Crippen molar-refractivity contribution in [2.45, 2.75) is 95.7 Å². The largest absolute Gasteiger partial charge is 0.389 e. The quantitative estimate of drug-likeness (QED) is 0.328. The minimum atomic E-state index is -0.820. The summed E-state index contributed by atoms with van der Waals surface area (Å²) in [6.45, 7) is 9.01. The number of fused-ring (bicyclic) bond motifs is 2. The molecule has 0 aromatic carbocycles. The van der Waals surface area contributed by atoms with Crippen LogP contribution in [0.15, 0.2) is 60.3 Å². The Balaban J connectivity index is 1.71. The molecule has 5 heteroatoms. The molecule has 0 aliphatic carbocycles. The van der Waals surface area contributed by atoms with Crippen LogP contribution in [0.25, 0.3) is 0 Å². The van der Waals surface area contributed by atoms with Crippen molar-refractivity contribution in [1.29, 1.82) is 0 Å². The van der Waals surface area contributed by atoms with Gasteiger partial charge >= 0.3 is 0 Å². The average molecular weight is 495 g/mol. The molecule has 36 heavy (non-hydrogen) atoms. The zero-order valence-electron chi connectivity index (χ0n) is 21.8. The monoisotopic (exact) mass is 494 g/mol. The van der Waals surface area contributed by atoms with Gasteiger partial charge in [-0.1, -0.05) is 73.1 Å². The van der Waals surface area contributed by atoms with Gasteiger partial charge in [0.1, 0.15) is 0 Å². The van der Waals surface area contributed by atoms with E-state index < -0.39 is 12.2 Å². The van der Waals surface area contributed by atoms with Gasteiger partial charge in [0.25, 0.3) is 0 Å². The number of rotatable bonds is 3. The summed E-state index contributed by atoms with van der Waals surface area (Å²) in [5.41, 5.74) is 2.28. The van der Waals surface area contributed by atoms with E-state index >= 15 is 0 Å². The van der Waals surface area contributed by atoms with Gasteiger partial charge in [-0.05, 0) is 63.2 Å². The molecule has 2 N–H and O–H groups in total. The Bertz CT molecular complexity index is 930. The summed E-state index contributed by atoms with van der Waals surface area (Å²) >= 11 is 0. The number of ether oxygens (including phenoxy) is 2. The van der Waals surface area contributed by atoms with Crippen molar-refractivity contribution >= 4 is 5.78 Å². The lowest BCUT2D eigenvalue weighted by Crippen LogP contribution is -2.26. The molecule has 0 unspecified atom stereocenters. The molecule has 196 valence electrons. The summed E-state index contributed by atoms with van der Waals surface area (Å²) in [6.07, 6.45) is 16.9. The molecule has 3 heterocycles. The van der Waals surface area contributed by atoms with Gasteiger partial charge in [-0.25, -0.2) is 0 Å². The van der Waals surface area contributed by atoms with Gasteiger partial charge in [-0.15, -0.1) is 0 Å². The third-order valence-electron chi connectivity index (χ3n) is 6.96. The summed E-state index contributed by atoms with van der Waals surface area (Å²) < 4.78 is 11.9. The predicted molar refractivity (Wildman–Crippen MR) is 143 cm³/mol. The van der Waals surface area contributed by atoms with E-state index in [2.05, 4.69) is 44.4 Å². The molecular weight excluding hydrogens is 452 g/mol. The first-order valence-corrected chi connectivity index (χ1v) is 13.3. The van der Waals surface area contributed by atoms with Crippen LogP contribution in [0, 0.1) is 23.7 Å². The number of ketones is 1. The Morgan fingerprint density at radius 1 is 1.17 bits per heavy atom.